The largest absolute Gasteiger partial charge is 0.372 e. The van der Waals surface area contributed by atoms with E-state index in [1.807, 2.05) is 58.9 Å². The van der Waals surface area contributed by atoms with Crippen LogP contribution in [0.3, 0.4) is 0 Å². The summed E-state index contributed by atoms with van der Waals surface area (Å²) >= 11 is 0. The van der Waals surface area contributed by atoms with Crippen molar-refractivity contribution in [2.75, 3.05) is 67.1 Å². The average molecular weight is 851 g/mol. The molecule has 63 heavy (non-hydrogen) atoms. The van der Waals surface area contributed by atoms with Crippen molar-refractivity contribution in [3.05, 3.63) is 95.9 Å². The number of imidazole rings is 1. The summed E-state index contributed by atoms with van der Waals surface area (Å²) in [6, 6.07) is 22.1. The standard InChI is InChI=1S/C47H54N12O4/c1-29-26-33(8-15-37(29)30(2)50-43(61)44-54-45(55-63-44)47(3,4)5)39-40-42(49-28-48-39)53-41(52-40)32-6-9-34(10-7-32)58-24-22-56(23-25-58)27-31-16-19-57(20-17-31)35-11-13-36(14-12-35)59-21-18-38(60)51-46(59)62/h6-15,26,28,30-31H,16-25,27H2,1-5H3,(H,50,61)(H,51,60,62)(H,48,49,52,53). The Kier molecular flexibility index (Phi) is 11.4. The van der Waals surface area contributed by atoms with Crippen molar-refractivity contribution in [3.63, 3.8) is 0 Å². The van der Waals surface area contributed by atoms with Crippen LogP contribution in [0.25, 0.3) is 33.8 Å². The van der Waals surface area contributed by atoms with Gasteiger partial charge in [0.2, 0.25) is 5.91 Å². The lowest BCUT2D eigenvalue weighted by Gasteiger charge is -2.40. The number of rotatable bonds is 10. The molecule has 6 heterocycles. The number of hydrogen-bond donors (Lipinski definition) is 3. The van der Waals surface area contributed by atoms with E-state index in [9.17, 15) is 14.4 Å². The third-order valence-electron chi connectivity index (χ3n) is 12.5. The number of piperidine rings is 1. The van der Waals surface area contributed by atoms with Gasteiger partial charge in [0.1, 0.15) is 23.4 Å². The summed E-state index contributed by atoms with van der Waals surface area (Å²) in [5.74, 6) is 1.20. The number of aromatic amines is 1. The second kappa shape index (κ2) is 17.2. The van der Waals surface area contributed by atoms with Gasteiger partial charge in [0.05, 0.1) is 6.04 Å². The first-order valence-corrected chi connectivity index (χ1v) is 21.9. The zero-order valence-electron chi connectivity index (χ0n) is 36.5. The van der Waals surface area contributed by atoms with E-state index in [0.29, 0.717) is 35.9 Å². The lowest BCUT2D eigenvalue weighted by molar-refractivity contribution is -0.120. The van der Waals surface area contributed by atoms with Gasteiger partial charge in [-0.1, -0.05) is 38.1 Å². The Morgan fingerprint density at radius 1 is 0.841 bits per heavy atom. The lowest BCUT2D eigenvalue weighted by atomic mass is 9.95. The Bertz CT molecular complexity index is 2620. The molecule has 3 aliphatic rings. The van der Waals surface area contributed by atoms with Crippen LogP contribution < -0.4 is 25.3 Å². The first-order valence-electron chi connectivity index (χ1n) is 21.9. The summed E-state index contributed by atoms with van der Waals surface area (Å²) < 4.78 is 5.24. The fraction of sp³-hybridized carbons (Fsp3) is 0.404. The number of hydrogen-bond acceptors (Lipinski definition) is 12. The smallest absolute Gasteiger partial charge is 0.328 e. The molecule has 1 unspecified atom stereocenters. The molecule has 4 amide bonds. The van der Waals surface area contributed by atoms with Crippen LogP contribution in [0.1, 0.15) is 80.6 Å². The summed E-state index contributed by atoms with van der Waals surface area (Å²) in [7, 11) is 0. The number of aryl methyl sites for hydroxylation is 1. The summed E-state index contributed by atoms with van der Waals surface area (Å²) in [6.45, 7) is 17.5. The van der Waals surface area contributed by atoms with Gasteiger partial charge in [0, 0.05) is 92.4 Å². The number of benzene rings is 3. The van der Waals surface area contributed by atoms with Crippen molar-refractivity contribution >= 4 is 46.1 Å². The van der Waals surface area contributed by atoms with Gasteiger partial charge >= 0.3 is 17.8 Å². The van der Waals surface area contributed by atoms with Gasteiger partial charge in [-0.2, -0.15) is 4.98 Å². The number of anilines is 3. The maximum atomic E-state index is 12.9. The van der Waals surface area contributed by atoms with Crippen molar-refractivity contribution in [2.24, 2.45) is 5.92 Å². The number of urea groups is 1. The van der Waals surface area contributed by atoms with E-state index in [-0.39, 0.29) is 29.3 Å². The number of nitrogens with zero attached hydrogens (tertiary/aromatic N) is 9. The minimum atomic E-state index is -0.416. The summed E-state index contributed by atoms with van der Waals surface area (Å²) in [4.78, 5) is 67.7. The molecule has 1 atom stereocenters. The number of piperazine rings is 1. The molecular formula is C47H54N12O4. The molecule has 3 N–H and O–H groups in total. The van der Waals surface area contributed by atoms with Crippen LogP contribution in [-0.2, 0) is 10.2 Å². The summed E-state index contributed by atoms with van der Waals surface area (Å²) in [5, 5.41) is 9.36. The maximum Gasteiger partial charge on any atom is 0.328 e. The van der Waals surface area contributed by atoms with E-state index in [2.05, 4.69) is 92.9 Å². The highest BCUT2D eigenvalue weighted by Gasteiger charge is 2.28. The highest BCUT2D eigenvalue weighted by Crippen LogP contribution is 2.32. The molecule has 0 aliphatic carbocycles. The number of fused-ring (bicyclic) bond motifs is 1. The third-order valence-corrected chi connectivity index (χ3v) is 12.5. The quantitative estimate of drug-likeness (QED) is 0.134. The highest BCUT2D eigenvalue weighted by molar-refractivity contribution is 6.05. The first kappa shape index (κ1) is 41.7. The predicted octanol–water partition coefficient (Wildman–Crippen LogP) is 6.65. The molecule has 9 rings (SSSR count). The number of imide groups is 1. The molecule has 3 saturated heterocycles. The molecule has 16 heteroatoms. The molecule has 0 saturated carbocycles. The van der Waals surface area contributed by atoms with E-state index in [0.717, 1.165) is 98.1 Å². The molecule has 6 aromatic rings. The third kappa shape index (κ3) is 8.98. The topological polar surface area (TPSA) is 182 Å². The van der Waals surface area contributed by atoms with Crippen LogP contribution in [-0.4, -0.2) is 105 Å². The Hall–Kier alpha value is -6.68. The normalized spacial score (nSPS) is 17.3. The summed E-state index contributed by atoms with van der Waals surface area (Å²) in [5.41, 5.74) is 8.79. The van der Waals surface area contributed by atoms with Gasteiger partial charge in [-0.05, 0) is 98.3 Å². The highest BCUT2D eigenvalue weighted by atomic mass is 16.5. The number of amides is 4. The fourth-order valence-electron chi connectivity index (χ4n) is 8.85. The number of carbonyl (C=O) groups excluding carboxylic acids is 3. The molecule has 3 aromatic carbocycles. The van der Waals surface area contributed by atoms with Gasteiger partial charge < -0.3 is 24.6 Å². The van der Waals surface area contributed by atoms with Gasteiger partial charge in [0.25, 0.3) is 0 Å². The van der Waals surface area contributed by atoms with Crippen LogP contribution in [0.2, 0.25) is 0 Å². The number of carbonyl (C=O) groups is 3. The molecule has 0 radical (unpaired) electrons. The van der Waals surface area contributed by atoms with Crippen molar-refractivity contribution in [2.45, 2.75) is 65.3 Å². The Labute approximate surface area is 366 Å². The van der Waals surface area contributed by atoms with Crippen LogP contribution in [0.4, 0.5) is 21.9 Å². The van der Waals surface area contributed by atoms with Crippen molar-refractivity contribution in [1.82, 2.24) is 45.6 Å². The second-order valence-corrected chi connectivity index (χ2v) is 18.0. The molecule has 3 fully saturated rings. The second-order valence-electron chi connectivity index (χ2n) is 18.0. The summed E-state index contributed by atoms with van der Waals surface area (Å²) in [6.07, 6.45) is 4.19. The molecule has 0 spiro atoms. The van der Waals surface area contributed by atoms with Crippen molar-refractivity contribution in [1.29, 1.82) is 0 Å². The van der Waals surface area contributed by atoms with Crippen molar-refractivity contribution in [3.8, 4) is 22.6 Å². The molecule has 16 nitrogen and oxygen atoms in total. The van der Waals surface area contributed by atoms with E-state index in [1.54, 1.807) is 11.2 Å². The molecule has 3 aromatic heterocycles. The SMILES string of the molecule is Cc1cc(-c2ncnc3[nH]c(-c4ccc(N5CCN(CC6CCN(c7ccc(N8CCC(=O)NC8=O)cc7)CC6)CC5)cc4)nc23)ccc1C(C)NC(=O)c1nc(C(C)(C)C)no1. The van der Waals surface area contributed by atoms with Crippen LogP contribution in [0.5, 0.6) is 0 Å². The fourth-order valence-corrected chi connectivity index (χ4v) is 8.85. The Morgan fingerprint density at radius 3 is 2.17 bits per heavy atom. The average Bonchev–Trinajstić information content (AvgIpc) is 3.97. The van der Waals surface area contributed by atoms with E-state index in [4.69, 9.17) is 9.51 Å². The molecule has 3 aliphatic heterocycles. The number of aromatic nitrogens is 6. The first-order chi connectivity index (χ1) is 30.4. The maximum absolute atomic E-state index is 12.9. The lowest BCUT2D eigenvalue weighted by Crippen LogP contribution is -2.49. The monoisotopic (exact) mass is 850 g/mol. The molecule has 0 bridgehead atoms. The molecular weight excluding hydrogens is 797 g/mol. The Morgan fingerprint density at radius 2 is 1.51 bits per heavy atom. The minimum absolute atomic E-state index is 0.0537. The number of nitrogens with one attached hydrogen (secondary N) is 3. The van der Waals surface area contributed by atoms with Crippen LogP contribution in [0, 0.1) is 12.8 Å². The van der Waals surface area contributed by atoms with Crippen LogP contribution in [0.15, 0.2) is 77.6 Å². The predicted molar refractivity (Wildman–Crippen MR) is 242 cm³/mol. The Balaban J connectivity index is 0.768. The van der Waals surface area contributed by atoms with Gasteiger partial charge in [-0.3, -0.25) is 24.7 Å². The van der Waals surface area contributed by atoms with E-state index >= 15 is 0 Å². The van der Waals surface area contributed by atoms with Crippen LogP contribution >= 0.6 is 0 Å². The van der Waals surface area contributed by atoms with Gasteiger partial charge in [-0.25, -0.2) is 19.7 Å². The van der Waals surface area contributed by atoms with Gasteiger partial charge in [-0.15, -0.1) is 0 Å². The zero-order chi connectivity index (χ0) is 43.8. The zero-order valence-corrected chi connectivity index (χ0v) is 36.5. The van der Waals surface area contributed by atoms with Crippen molar-refractivity contribution < 1.29 is 18.9 Å². The van der Waals surface area contributed by atoms with E-state index in [1.165, 1.54) is 11.4 Å². The number of H-pyrrole nitrogens is 1. The molecule has 326 valence electrons. The van der Waals surface area contributed by atoms with E-state index < -0.39 is 5.91 Å². The van der Waals surface area contributed by atoms with Gasteiger partial charge in [0.15, 0.2) is 11.5 Å². The minimum Gasteiger partial charge on any atom is -0.372 e.